The molecule has 125 heavy (non-hydrogen) atoms. The number of thiophene rings is 5. The highest BCUT2D eigenvalue weighted by Crippen LogP contribution is 2.48. The molecule has 0 atom stereocenters. The second-order valence-corrected chi connectivity index (χ2v) is 36.6. The molecular formula is C86H78Cl3F2N21O8S5. The zero-order chi connectivity index (χ0) is 88.2. The summed E-state index contributed by atoms with van der Waals surface area (Å²) in [6.45, 7) is 7.42. The zero-order valence-corrected chi connectivity index (χ0v) is 74.1. The topological polar surface area (TPSA) is 456 Å². The lowest BCUT2D eigenvalue weighted by Crippen LogP contribution is -2.06. The number of hydrogen-bond donors (Lipinski definition) is 11. The molecule has 5 aliphatic rings. The van der Waals surface area contributed by atoms with Gasteiger partial charge >= 0.3 is 0 Å². The van der Waals surface area contributed by atoms with Gasteiger partial charge in [0.1, 0.15) is 35.7 Å². The molecule has 29 nitrogen and oxygen atoms in total. The standard InChI is InChI=1S/C18H17ClN4O2S.C17H15ClN4O2S.C17H15ClN4OS.C17H14F2N4OS.C17H17N5O2S/c1-8(24)16-14(20)13-15(9-5-10(19)7-12(6-9)25-2)22-18(21-11-3-4-11)23-17(13)26-16;1-7(23)15-13(19)12-14(8-4-9(18)6-11(24)5-8)21-17(20-10-2-3-10)22-16(12)25-15;1-8(23)15-13(19)12-14(9-3-2-4-10(18)7-9)21-17(20-11-5-6-11)22-16(12)24-15;1-7(24)15-13(20)12-14(8-2-5-10(18)11(19)6-8)22-17(21-9-3-4-9)23-16(12)25-15;1-8(23)15-13(18)12-14(9-3-6-11(24-2)19-7-9)21-17(20-10-4-5-10)22-16(12)25-15/h5-7,11H,3-4,20H2,1-2H3,(H,21,22,23);4-6,10,24H,2-3,19H2,1H3,(H,20,21,22);2-4,7,11H,5-6,19H2,1H3,(H,20,21,22);2,5-6,9H,3-4,20H2,1H3,(H,21,22,23);3,6-7,10H,4-5,18H2,1-2H3,(H,20,21,22). The lowest BCUT2D eigenvalue weighted by Gasteiger charge is -2.10. The van der Waals surface area contributed by atoms with E-state index in [1.54, 1.807) is 50.7 Å². The third-order valence-electron chi connectivity index (χ3n) is 20.1. The van der Waals surface area contributed by atoms with Gasteiger partial charge in [-0.15, -0.1) is 56.7 Å². The highest BCUT2D eigenvalue weighted by molar-refractivity contribution is 7.23. The van der Waals surface area contributed by atoms with Crippen molar-refractivity contribution in [1.29, 1.82) is 0 Å². The molecular weight excluding hydrogens is 1760 g/mol. The number of anilines is 10. The fourth-order valence-electron chi connectivity index (χ4n) is 13.3. The average molecular weight is 1840 g/mol. The predicted molar refractivity (Wildman–Crippen MR) is 497 cm³/mol. The molecule has 640 valence electrons. The van der Waals surface area contributed by atoms with E-state index in [0.717, 1.165) is 93.0 Å². The number of nitrogens with one attached hydrogen (secondary N) is 5. The number of ether oxygens (including phenoxy) is 2. The van der Waals surface area contributed by atoms with E-state index in [2.05, 4.69) is 81.4 Å². The number of pyridine rings is 1. The quantitative estimate of drug-likeness (QED) is 0.0281. The van der Waals surface area contributed by atoms with Gasteiger partial charge in [0.15, 0.2) is 40.6 Å². The van der Waals surface area contributed by atoms with Crippen LogP contribution >= 0.6 is 91.5 Å². The number of hydrogen-bond acceptors (Lipinski definition) is 34. The number of nitrogens with zero attached hydrogens (tertiary/aromatic N) is 11. The number of phenolic OH excluding ortho intramolecular Hbond substituents is 1. The van der Waals surface area contributed by atoms with Gasteiger partial charge in [-0.2, -0.15) is 0 Å². The number of Topliss-reactive ketones (excluding diaryl/α,β-unsaturated/α-hetero) is 5. The van der Waals surface area contributed by atoms with Crippen LogP contribution in [-0.4, -0.2) is 133 Å². The molecule has 11 aromatic heterocycles. The number of nitrogen functional groups attached to an aromatic ring is 5. The number of benzene rings is 4. The Kier molecular flexibility index (Phi) is 24.7. The minimum atomic E-state index is -0.971. The summed E-state index contributed by atoms with van der Waals surface area (Å²) in [7, 11) is 3.15. The molecule has 15 aromatic rings. The smallest absolute Gasteiger partial charge is 0.224 e. The lowest BCUT2D eigenvalue weighted by molar-refractivity contribution is 0.101. The summed E-state index contributed by atoms with van der Waals surface area (Å²) in [5.41, 5.74) is 39.4. The maximum atomic E-state index is 13.7. The Morgan fingerprint density at radius 3 is 0.976 bits per heavy atom. The van der Waals surface area contributed by atoms with Crippen molar-refractivity contribution in [2.24, 2.45) is 0 Å². The Morgan fingerprint density at radius 2 is 0.680 bits per heavy atom. The molecule has 11 heterocycles. The van der Waals surface area contributed by atoms with Crippen LogP contribution in [0.25, 0.3) is 107 Å². The summed E-state index contributed by atoms with van der Waals surface area (Å²) in [6.07, 6.45) is 12.6. The summed E-state index contributed by atoms with van der Waals surface area (Å²) in [5.74, 6) is 1.29. The summed E-state index contributed by atoms with van der Waals surface area (Å²) >= 11 is 24.8. The second kappa shape index (κ2) is 35.7. The maximum absolute atomic E-state index is 13.7. The molecule has 0 amide bonds. The highest BCUT2D eigenvalue weighted by Gasteiger charge is 2.32. The SMILES string of the molecule is CC(=O)c1sc2nc(NC3CC3)nc(-c3cc(O)cc(Cl)c3)c2c1N.CC(=O)c1sc2nc(NC3CC3)nc(-c3ccc(F)c(F)c3)c2c1N.CC(=O)c1sc2nc(NC3CC3)nc(-c3cccc(Cl)c3)c2c1N.COc1cc(Cl)cc(-c2nc(NC3CC3)nc3sc(C(C)=O)c(N)c23)c1.COc1ccc(-c2nc(NC3CC3)nc3sc(C(C)=O)c(N)c23)cn1. The second-order valence-electron chi connectivity index (χ2n) is 30.3. The van der Waals surface area contributed by atoms with Crippen molar-refractivity contribution >= 4 is 230 Å². The number of fused-ring (bicyclic) bond motifs is 5. The van der Waals surface area contributed by atoms with E-state index >= 15 is 0 Å². The molecule has 0 spiro atoms. The first kappa shape index (κ1) is 86.2. The summed E-state index contributed by atoms with van der Waals surface area (Å²) in [6, 6.07) is 26.7. The number of rotatable bonds is 22. The van der Waals surface area contributed by atoms with Crippen molar-refractivity contribution in [2.45, 2.75) is 129 Å². The van der Waals surface area contributed by atoms with Gasteiger partial charge in [0.05, 0.1) is 122 Å². The summed E-state index contributed by atoms with van der Waals surface area (Å²) in [5, 5.41) is 31.0. The molecule has 0 unspecified atom stereocenters. The van der Waals surface area contributed by atoms with E-state index in [-0.39, 0.29) is 40.4 Å². The molecule has 5 saturated carbocycles. The molecule has 5 aliphatic carbocycles. The fourth-order valence-corrected chi connectivity index (χ4v) is 18.9. The number of carbonyl (C=O) groups is 5. The fraction of sp³-hybridized carbons (Fsp3) is 0.256. The molecule has 4 aromatic carbocycles. The van der Waals surface area contributed by atoms with Crippen LogP contribution in [0.3, 0.4) is 0 Å². The van der Waals surface area contributed by atoms with Crippen LogP contribution in [0.2, 0.25) is 15.1 Å². The Labute approximate surface area is 746 Å². The van der Waals surface area contributed by atoms with E-state index < -0.39 is 11.6 Å². The van der Waals surface area contributed by atoms with Gasteiger partial charge in [0.2, 0.25) is 35.6 Å². The van der Waals surface area contributed by atoms with Gasteiger partial charge in [-0.05, 0) is 137 Å². The van der Waals surface area contributed by atoms with Crippen LogP contribution in [0.4, 0.5) is 67.0 Å². The molecule has 39 heteroatoms. The summed E-state index contributed by atoms with van der Waals surface area (Å²) in [4.78, 5) is 115. The molecule has 5 fully saturated rings. The van der Waals surface area contributed by atoms with Crippen LogP contribution in [-0.2, 0) is 0 Å². The number of methoxy groups -OCH3 is 2. The monoisotopic (exact) mass is 1840 g/mol. The number of aromatic nitrogens is 11. The molecule has 0 radical (unpaired) electrons. The average Bonchev–Trinajstić information content (AvgIpc) is 1.67. The van der Waals surface area contributed by atoms with Crippen molar-refractivity contribution < 1.29 is 47.3 Å². The molecule has 0 aliphatic heterocycles. The first-order valence-corrected chi connectivity index (χ1v) is 44.6. The minimum Gasteiger partial charge on any atom is -0.508 e. The number of carbonyl (C=O) groups excluding carboxylic acids is 5. The highest BCUT2D eigenvalue weighted by atomic mass is 35.5. The van der Waals surface area contributed by atoms with Gasteiger partial charge in [-0.3, -0.25) is 24.0 Å². The lowest BCUT2D eigenvalue weighted by atomic mass is 10.1. The van der Waals surface area contributed by atoms with Gasteiger partial charge in [-0.25, -0.2) is 63.6 Å². The van der Waals surface area contributed by atoms with Crippen LogP contribution in [0.5, 0.6) is 17.4 Å². The first-order chi connectivity index (χ1) is 59.9. The Morgan fingerprint density at radius 1 is 0.368 bits per heavy atom. The van der Waals surface area contributed by atoms with Gasteiger partial charge in [0.25, 0.3) is 0 Å². The third-order valence-corrected chi connectivity index (χ3v) is 26.8. The largest absolute Gasteiger partial charge is 0.508 e. The number of ketones is 5. The minimum absolute atomic E-state index is 0.0338. The predicted octanol–water partition coefficient (Wildman–Crippen LogP) is 19.9. The van der Waals surface area contributed by atoms with Crippen molar-refractivity contribution in [3.8, 4) is 73.7 Å². The van der Waals surface area contributed by atoms with Crippen molar-refractivity contribution in [3.05, 3.63) is 148 Å². The van der Waals surface area contributed by atoms with Crippen LogP contribution in [0.1, 0.15) is 147 Å². The number of phenols is 1. The molecule has 16 N–H and O–H groups in total. The number of nitrogens with two attached hydrogens (primary N) is 5. The Hall–Kier alpha value is -12.3. The first-order valence-electron chi connectivity index (χ1n) is 39.4. The van der Waals surface area contributed by atoms with Gasteiger partial charge in [-0.1, -0.05) is 46.9 Å². The molecule has 20 rings (SSSR count). The normalized spacial score (nSPS) is 14.0. The van der Waals surface area contributed by atoms with E-state index in [1.807, 2.05) is 36.4 Å². The number of aromatic hydroxyl groups is 1. The van der Waals surface area contributed by atoms with E-state index in [0.29, 0.717) is 224 Å². The molecule has 0 saturated heterocycles. The zero-order valence-electron chi connectivity index (χ0n) is 67.7. The van der Waals surface area contributed by atoms with E-state index in [1.165, 1.54) is 103 Å². The summed E-state index contributed by atoms with van der Waals surface area (Å²) < 4.78 is 37.4. The van der Waals surface area contributed by atoms with Crippen LogP contribution < -0.4 is 64.7 Å². The third kappa shape index (κ3) is 19.3. The Bertz CT molecular complexity index is 6850. The van der Waals surface area contributed by atoms with Crippen LogP contribution in [0, 0.1) is 11.6 Å². The number of halogens is 5. The van der Waals surface area contributed by atoms with Crippen molar-refractivity contribution in [1.82, 2.24) is 54.8 Å². The van der Waals surface area contributed by atoms with E-state index in [4.69, 9.17) is 72.9 Å². The van der Waals surface area contributed by atoms with E-state index in [9.17, 15) is 37.9 Å². The van der Waals surface area contributed by atoms with Crippen molar-refractivity contribution in [2.75, 3.05) is 69.5 Å². The van der Waals surface area contributed by atoms with Crippen molar-refractivity contribution in [3.63, 3.8) is 0 Å². The van der Waals surface area contributed by atoms with Crippen LogP contribution in [0.15, 0.2) is 97.2 Å². The Balaban J connectivity index is 0.000000115. The molecule has 0 bridgehead atoms. The van der Waals surface area contributed by atoms with Gasteiger partial charge in [0, 0.05) is 120 Å². The maximum Gasteiger partial charge on any atom is 0.224 e. The van der Waals surface area contributed by atoms with Gasteiger partial charge < -0.3 is 69.8 Å².